The van der Waals surface area contributed by atoms with Gasteiger partial charge in [-0.05, 0) is 67.8 Å². The largest absolute Gasteiger partial charge is 0.376 e. The number of thiazole rings is 1. The number of aryl methyl sites for hydroxylation is 2. The third kappa shape index (κ3) is 4.34. The fourth-order valence-corrected chi connectivity index (χ4v) is 5.44. The van der Waals surface area contributed by atoms with Crippen molar-refractivity contribution in [3.8, 4) is 0 Å². The second kappa shape index (κ2) is 8.86. The predicted octanol–water partition coefficient (Wildman–Crippen LogP) is 5.85. The van der Waals surface area contributed by atoms with E-state index in [-0.39, 0.29) is 12.0 Å². The highest BCUT2D eigenvalue weighted by atomic mass is 32.2. The van der Waals surface area contributed by atoms with Gasteiger partial charge < -0.3 is 4.74 Å². The van der Waals surface area contributed by atoms with Crippen molar-refractivity contribution in [3.63, 3.8) is 0 Å². The topological polar surface area (TPSA) is 42.4 Å². The van der Waals surface area contributed by atoms with Crippen molar-refractivity contribution in [1.82, 2.24) is 4.98 Å². The van der Waals surface area contributed by atoms with Gasteiger partial charge in [0.15, 0.2) is 5.13 Å². The molecular weight excluding hydrogens is 400 g/mol. The van der Waals surface area contributed by atoms with Crippen LogP contribution < -0.4 is 4.90 Å². The van der Waals surface area contributed by atoms with Crippen LogP contribution in [0.15, 0.2) is 41.3 Å². The van der Waals surface area contributed by atoms with Crippen LogP contribution in [-0.2, 0) is 4.74 Å². The van der Waals surface area contributed by atoms with Crippen LogP contribution in [0, 0.1) is 13.8 Å². The molecular formula is C23H26N2O2S2. The molecule has 4 rings (SSSR count). The maximum atomic E-state index is 13.7. The number of rotatable bonds is 6. The third-order valence-corrected chi connectivity index (χ3v) is 7.29. The summed E-state index contributed by atoms with van der Waals surface area (Å²) in [4.78, 5) is 21.4. The molecule has 1 amide bonds. The zero-order valence-corrected chi connectivity index (χ0v) is 18.7. The Labute approximate surface area is 180 Å². The molecule has 1 unspecified atom stereocenters. The van der Waals surface area contributed by atoms with Gasteiger partial charge >= 0.3 is 0 Å². The molecule has 0 saturated carbocycles. The van der Waals surface area contributed by atoms with E-state index >= 15 is 0 Å². The van der Waals surface area contributed by atoms with E-state index < -0.39 is 0 Å². The Morgan fingerprint density at radius 2 is 2.07 bits per heavy atom. The van der Waals surface area contributed by atoms with Gasteiger partial charge in [-0.2, -0.15) is 0 Å². The van der Waals surface area contributed by atoms with Crippen LogP contribution in [0.3, 0.4) is 0 Å². The van der Waals surface area contributed by atoms with E-state index in [9.17, 15) is 4.79 Å². The van der Waals surface area contributed by atoms with E-state index in [0.29, 0.717) is 6.54 Å². The SMILES string of the molecule is CCSc1ccccc1C(=O)N(CC1CCCO1)c1nc2cc(C)c(C)cc2s1. The van der Waals surface area contributed by atoms with E-state index in [4.69, 9.17) is 9.72 Å². The molecule has 1 aliphatic rings. The molecule has 6 heteroatoms. The molecule has 3 aromatic rings. The summed E-state index contributed by atoms with van der Waals surface area (Å²) in [6.07, 6.45) is 2.10. The lowest BCUT2D eigenvalue weighted by Crippen LogP contribution is -2.37. The number of benzene rings is 2. The first-order valence-electron chi connectivity index (χ1n) is 10.1. The Balaban J connectivity index is 1.74. The highest BCUT2D eigenvalue weighted by Gasteiger charge is 2.28. The van der Waals surface area contributed by atoms with Gasteiger partial charge in [-0.3, -0.25) is 9.69 Å². The maximum Gasteiger partial charge on any atom is 0.261 e. The molecule has 0 radical (unpaired) electrons. The molecule has 1 saturated heterocycles. The van der Waals surface area contributed by atoms with Gasteiger partial charge in [0.2, 0.25) is 0 Å². The fourth-order valence-electron chi connectivity index (χ4n) is 3.59. The van der Waals surface area contributed by atoms with Gasteiger partial charge in [-0.25, -0.2) is 4.98 Å². The molecule has 29 heavy (non-hydrogen) atoms. The first-order valence-corrected chi connectivity index (χ1v) is 11.9. The number of carbonyl (C=O) groups excluding carboxylic acids is 1. The molecule has 1 fully saturated rings. The van der Waals surface area contributed by atoms with Gasteiger partial charge in [0.05, 0.1) is 28.4 Å². The highest BCUT2D eigenvalue weighted by molar-refractivity contribution is 7.99. The number of aromatic nitrogens is 1. The second-order valence-corrected chi connectivity index (χ2v) is 9.70. The lowest BCUT2D eigenvalue weighted by atomic mass is 10.1. The minimum Gasteiger partial charge on any atom is -0.376 e. The van der Waals surface area contributed by atoms with E-state index in [0.717, 1.165) is 51.0 Å². The summed E-state index contributed by atoms with van der Waals surface area (Å²) in [5.74, 6) is 0.931. The van der Waals surface area contributed by atoms with E-state index in [1.54, 1.807) is 23.1 Å². The van der Waals surface area contributed by atoms with E-state index in [1.165, 1.54) is 11.1 Å². The van der Waals surface area contributed by atoms with Crippen molar-refractivity contribution >= 4 is 44.4 Å². The number of ether oxygens (including phenoxy) is 1. The van der Waals surface area contributed by atoms with Crippen molar-refractivity contribution in [2.75, 3.05) is 23.8 Å². The Hall–Kier alpha value is -1.89. The normalized spacial score (nSPS) is 16.4. The lowest BCUT2D eigenvalue weighted by Gasteiger charge is -2.24. The van der Waals surface area contributed by atoms with E-state index in [1.807, 2.05) is 29.2 Å². The maximum absolute atomic E-state index is 13.7. The molecule has 1 aromatic heterocycles. The summed E-state index contributed by atoms with van der Waals surface area (Å²) < 4.78 is 6.97. The second-order valence-electron chi connectivity index (χ2n) is 7.38. The molecule has 0 spiro atoms. The summed E-state index contributed by atoms with van der Waals surface area (Å²) in [6.45, 7) is 7.63. The van der Waals surface area contributed by atoms with Gasteiger partial charge in [0.25, 0.3) is 5.91 Å². The number of carbonyl (C=O) groups is 1. The Bertz CT molecular complexity index is 986. The third-order valence-electron chi connectivity index (χ3n) is 5.30. The van der Waals surface area contributed by atoms with Crippen LogP contribution in [0.4, 0.5) is 5.13 Å². The van der Waals surface area contributed by atoms with E-state index in [2.05, 4.69) is 32.9 Å². The number of hydrogen-bond acceptors (Lipinski definition) is 5. The molecule has 1 aliphatic heterocycles. The average molecular weight is 427 g/mol. The van der Waals surface area contributed by atoms with Crippen LogP contribution >= 0.6 is 23.1 Å². The molecule has 4 nitrogen and oxygen atoms in total. The average Bonchev–Trinajstić information content (AvgIpc) is 3.36. The molecule has 1 atom stereocenters. The smallest absolute Gasteiger partial charge is 0.261 e. The number of thioether (sulfide) groups is 1. The van der Waals surface area contributed by atoms with Gasteiger partial charge in [-0.1, -0.05) is 30.4 Å². The number of fused-ring (bicyclic) bond motifs is 1. The summed E-state index contributed by atoms with van der Waals surface area (Å²) in [5.41, 5.74) is 4.16. The van der Waals surface area contributed by atoms with Crippen molar-refractivity contribution in [1.29, 1.82) is 0 Å². The molecule has 0 N–H and O–H groups in total. The van der Waals surface area contributed by atoms with Gasteiger partial charge in [-0.15, -0.1) is 11.8 Å². The monoisotopic (exact) mass is 426 g/mol. The minimum absolute atomic E-state index is 0.00421. The summed E-state index contributed by atoms with van der Waals surface area (Å²) >= 11 is 3.28. The number of hydrogen-bond donors (Lipinski definition) is 0. The minimum atomic E-state index is 0.00421. The summed E-state index contributed by atoms with van der Waals surface area (Å²) in [5, 5.41) is 0.752. The highest BCUT2D eigenvalue weighted by Crippen LogP contribution is 2.33. The van der Waals surface area contributed by atoms with Crippen molar-refractivity contribution in [2.45, 2.75) is 44.6 Å². The molecule has 0 aliphatic carbocycles. The first kappa shape index (κ1) is 20.4. The van der Waals surface area contributed by atoms with Crippen LogP contribution in [-0.4, -0.2) is 35.9 Å². The fraction of sp³-hybridized carbons (Fsp3) is 0.391. The Kier molecular flexibility index (Phi) is 6.23. The zero-order valence-electron chi connectivity index (χ0n) is 17.1. The molecule has 2 aromatic carbocycles. The lowest BCUT2D eigenvalue weighted by molar-refractivity contribution is 0.0915. The first-order chi connectivity index (χ1) is 14.1. The number of anilines is 1. The summed E-state index contributed by atoms with van der Waals surface area (Å²) in [7, 11) is 0. The molecule has 152 valence electrons. The Morgan fingerprint density at radius 1 is 1.28 bits per heavy atom. The Morgan fingerprint density at radius 3 is 2.83 bits per heavy atom. The quantitative estimate of drug-likeness (QED) is 0.464. The number of nitrogens with zero attached hydrogens (tertiary/aromatic N) is 2. The number of amides is 1. The van der Waals surface area contributed by atoms with Crippen molar-refractivity contribution < 1.29 is 9.53 Å². The predicted molar refractivity (Wildman–Crippen MR) is 123 cm³/mol. The molecule has 0 bridgehead atoms. The van der Waals surface area contributed by atoms with Crippen LogP contribution in [0.1, 0.15) is 41.3 Å². The standard InChI is InChI=1S/C23H26N2O2S2/c1-4-28-20-10-6-5-9-18(20)22(26)25(14-17-8-7-11-27-17)23-24-19-12-15(2)16(3)13-21(19)29-23/h5-6,9-10,12-13,17H,4,7-8,11,14H2,1-3H3. The molecule has 2 heterocycles. The van der Waals surface area contributed by atoms with Crippen molar-refractivity contribution in [3.05, 3.63) is 53.1 Å². The summed E-state index contributed by atoms with van der Waals surface area (Å²) in [6, 6.07) is 12.1. The van der Waals surface area contributed by atoms with Crippen LogP contribution in [0.25, 0.3) is 10.2 Å². The van der Waals surface area contributed by atoms with Crippen molar-refractivity contribution in [2.24, 2.45) is 0 Å². The van der Waals surface area contributed by atoms with Crippen LogP contribution in [0.2, 0.25) is 0 Å². The van der Waals surface area contributed by atoms with Gasteiger partial charge in [0, 0.05) is 11.5 Å². The zero-order chi connectivity index (χ0) is 20.4. The van der Waals surface area contributed by atoms with Gasteiger partial charge in [0.1, 0.15) is 0 Å². The van der Waals surface area contributed by atoms with Crippen LogP contribution in [0.5, 0.6) is 0 Å².